The Bertz CT molecular complexity index is 664. The average molecular weight is 341 g/mol. The molecule has 1 saturated carbocycles. The van der Waals surface area contributed by atoms with Crippen molar-refractivity contribution in [2.45, 2.75) is 50.6 Å². The number of pyridine rings is 1. The molecule has 25 heavy (non-hydrogen) atoms. The minimum Gasteiger partial charge on any atom is -0.323 e. The summed E-state index contributed by atoms with van der Waals surface area (Å²) in [5, 5.41) is 11.8. The lowest BCUT2D eigenvalue weighted by Crippen LogP contribution is -2.49. The van der Waals surface area contributed by atoms with Crippen LogP contribution in [0.3, 0.4) is 0 Å². The molecule has 3 rings (SSSR count). The predicted octanol–water partition coefficient (Wildman–Crippen LogP) is 2.01. The van der Waals surface area contributed by atoms with Gasteiger partial charge >= 0.3 is 6.03 Å². The maximum absolute atomic E-state index is 12.9. The fourth-order valence-electron chi connectivity index (χ4n) is 3.66. The number of urea groups is 1. The molecule has 0 aromatic carbocycles. The molecule has 2 heterocycles. The van der Waals surface area contributed by atoms with Crippen molar-refractivity contribution in [1.82, 2.24) is 20.1 Å². The van der Waals surface area contributed by atoms with Gasteiger partial charge in [0, 0.05) is 31.9 Å². The van der Waals surface area contributed by atoms with E-state index in [2.05, 4.69) is 16.4 Å². The highest BCUT2D eigenvalue weighted by Gasteiger charge is 2.51. The molecule has 7 heteroatoms. The number of nitriles is 1. The zero-order valence-corrected chi connectivity index (χ0v) is 14.3. The number of carbonyl (C=O) groups excluding carboxylic acids is 2. The van der Waals surface area contributed by atoms with E-state index in [1.165, 1.54) is 4.90 Å². The number of imide groups is 1. The summed E-state index contributed by atoms with van der Waals surface area (Å²) in [6, 6.07) is 5.60. The number of amides is 3. The van der Waals surface area contributed by atoms with E-state index in [0.717, 1.165) is 37.7 Å². The average Bonchev–Trinajstić information content (AvgIpc) is 2.85. The van der Waals surface area contributed by atoms with Crippen molar-refractivity contribution >= 4 is 11.9 Å². The second-order valence-corrected chi connectivity index (χ2v) is 6.77. The van der Waals surface area contributed by atoms with Gasteiger partial charge < -0.3 is 5.32 Å². The number of rotatable bonds is 6. The molecular weight excluding hydrogens is 318 g/mol. The summed E-state index contributed by atoms with van der Waals surface area (Å²) in [5.74, 6) is -0.120. The van der Waals surface area contributed by atoms with Crippen molar-refractivity contribution in [3.05, 3.63) is 30.1 Å². The largest absolute Gasteiger partial charge is 0.326 e. The first kappa shape index (κ1) is 17.4. The van der Waals surface area contributed by atoms with Crippen LogP contribution >= 0.6 is 0 Å². The number of hydrogen-bond donors (Lipinski definition) is 1. The molecule has 0 atom stereocenters. The van der Waals surface area contributed by atoms with Crippen LogP contribution in [0.25, 0.3) is 0 Å². The highest BCUT2D eigenvalue weighted by molar-refractivity contribution is 6.07. The second kappa shape index (κ2) is 7.62. The summed E-state index contributed by atoms with van der Waals surface area (Å²) in [7, 11) is 0. The lowest BCUT2D eigenvalue weighted by molar-refractivity contribution is -0.134. The van der Waals surface area contributed by atoms with Crippen LogP contribution in [0.2, 0.25) is 0 Å². The van der Waals surface area contributed by atoms with Gasteiger partial charge in [0.05, 0.1) is 12.7 Å². The molecule has 0 bridgehead atoms. The standard InChI is InChI=1S/C18H23N5O2/c19-9-5-11-22(13-15-6-4-10-20-12-15)14-23-16(24)18(21-17(23)25)7-2-1-3-8-18/h4,6,10,12H,1-3,5,7-8,11,13-14H2,(H,21,25). The molecule has 1 aromatic rings. The van der Waals surface area contributed by atoms with Gasteiger partial charge in [-0.3, -0.25) is 14.7 Å². The summed E-state index contributed by atoms with van der Waals surface area (Å²) in [4.78, 5) is 32.6. The Kier molecular flexibility index (Phi) is 5.29. The molecule has 1 aromatic heterocycles. The van der Waals surface area contributed by atoms with Crippen LogP contribution in [0, 0.1) is 11.3 Å². The molecule has 3 amide bonds. The molecule has 1 aliphatic carbocycles. The van der Waals surface area contributed by atoms with Gasteiger partial charge in [-0.05, 0) is 24.5 Å². The molecular formula is C18H23N5O2. The smallest absolute Gasteiger partial charge is 0.323 e. The summed E-state index contributed by atoms with van der Waals surface area (Å²) >= 11 is 0. The third-order valence-corrected chi connectivity index (χ3v) is 4.96. The zero-order valence-electron chi connectivity index (χ0n) is 14.3. The van der Waals surface area contributed by atoms with Gasteiger partial charge in [-0.25, -0.2) is 9.69 Å². The highest BCUT2D eigenvalue weighted by atomic mass is 16.2. The van der Waals surface area contributed by atoms with Crippen LogP contribution in [-0.4, -0.2) is 45.5 Å². The minimum atomic E-state index is -0.704. The molecule has 1 N–H and O–H groups in total. The minimum absolute atomic E-state index is 0.120. The monoisotopic (exact) mass is 341 g/mol. The van der Waals surface area contributed by atoms with E-state index in [1.54, 1.807) is 12.4 Å². The molecule has 132 valence electrons. The third-order valence-electron chi connectivity index (χ3n) is 4.96. The maximum Gasteiger partial charge on any atom is 0.326 e. The lowest BCUT2D eigenvalue weighted by Gasteiger charge is -2.31. The number of aromatic nitrogens is 1. The topological polar surface area (TPSA) is 89.3 Å². The first-order valence-corrected chi connectivity index (χ1v) is 8.77. The molecule has 1 saturated heterocycles. The Balaban J connectivity index is 1.71. The van der Waals surface area contributed by atoms with E-state index < -0.39 is 5.54 Å². The van der Waals surface area contributed by atoms with Crippen LogP contribution < -0.4 is 5.32 Å². The molecule has 2 aliphatic rings. The van der Waals surface area contributed by atoms with E-state index in [-0.39, 0.29) is 18.6 Å². The molecule has 1 aliphatic heterocycles. The Morgan fingerprint density at radius 1 is 1.32 bits per heavy atom. The first-order valence-electron chi connectivity index (χ1n) is 8.77. The quantitative estimate of drug-likeness (QED) is 0.800. The van der Waals surface area contributed by atoms with Gasteiger partial charge in [0.2, 0.25) is 0 Å². The van der Waals surface area contributed by atoms with E-state index in [0.29, 0.717) is 19.5 Å². The van der Waals surface area contributed by atoms with Crippen molar-refractivity contribution in [2.75, 3.05) is 13.2 Å². The first-order chi connectivity index (χ1) is 12.1. The van der Waals surface area contributed by atoms with E-state index in [1.807, 2.05) is 17.0 Å². The van der Waals surface area contributed by atoms with Crippen LogP contribution in [-0.2, 0) is 11.3 Å². The summed E-state index contributed by atoms with van der Waals surface area (Å²) in [6.45, 7) is 1.23. The van der Waals surface area contributed by atoms with Crippen molar-refractivity contribution in [3.8, 4) is 6.07 Å². The van der Waals surface area contributed by atoms with Crippen molar-refractivity contribution in [3.63, 3.8) is 0 Å². The number of nitrogens with one attached hydrogen (secondary N) is 1. The SMILES string of the molecule is N#CCCN(Cc1cccnc1)CN1C(=O)NC2(CCCCC2)C1=O. The normalized spacial score (nSPS) is 19.3. The van der Waals surface area contributed by atoms with Gasteiger partial charge in [-0.1, -0.05) is 25.3 Å². The number of carbonyl (C=O) groups is 2. The highest BCUT2D eigenvalue weighted by Crippen LogP contribution is 2.33. The van der Waals surface area contributed by atoms with Crippen LogP contribution in [0.1, 0.15) is 44.1 Å². The number of nitrogens with zero attached hydrogens (tertiary/aromatic N) is 4. The van der Waals surface area contributed by atoms with Gasteiger partial charge in [0.1, 0.15) is 5.54 Å². The maximum atomic E-state index is 12.9. The Hall–Kier alpha value is -2.46. The Morgan fingerprint density at radius 2 is 2.12 bits per heavy atom. The summed E-state index contributed by atoms with van der Waals surface area (Å²) in [6.07, 6.45) is 8.28. The Labute approximate surface area is 147 Å². The molecule has 1 spiro atoms. The van der Waals surface area contributed by atoms with Gasteiger partial charge in [-0.15, -0.1) is 0 Å². The molecule has 0 unspecified atom stereocenters. The summed E-state index contributed by atoms with van der Waals surface area (Å²) < 4.78 is 0. The molecule has 7 nitrogen and oxygen atoms in total. The van der Waals surface area contributed by atoms with E-state index in [9.17, 15) is 9.59 Å². The molecule has 2 fully saturated rings. The van der Waals surface area contributed by atoms with Crippen molar-refractivity contribution < 1.29 is 9.59 Å². The lowest BCUT2D eigenvalue weighted by atomic mass is 9.82. The fourth-order valence-corrected chi connectivity index (χ4v) is 3.66. The van der Waals surface area contributed by atoms with Crippen LogP contribution in [0.15, 0.2) is 24.5 Å². The second-order valence-electron chi connectivity index (χ2n) is 6.77. The van der Waals surface area contributed by atoms with Gasteiger partial charge in [0.15, 0.2) is 0 Å². The van der Waals surface area contributed by atoms with Crippen molar-refractivity contribution in [2.24, 2.45) is 0 Å². The van der Waals surface area contributed by atoms with Gasteiger partial charge in [-0.2, -0.15) is 5.26 Å². The van der Waals surface area contributed by atoms with Crippen LogP contribution in [0.4, 0.5) is 4.79 Å². The predicted molar refractivity (Wildman–Crippen MR) is 90.9 cm³/mol. The number of hydrogen-bond acceptors (Lipinski definition) is 5. The van der Waals surface area contributed by atoms with Crippen molar-refractivity contribution in [1.29, 1.82) is 5.26 Å². The fraction of sp³-hybridized carbons (Fsp3) is 0.556. The van der Waals surface area contributed by atoms with Gasteiger partial charge in [0.25, 0.3) is 5.91 Å². The van der Waals surface area contributed by atoms with Crippen LogP contribution in [0.5, 0.6) is 0 Å². The third kappa shape index (κ3) is 3.80. The summed E-state index contributed by atoms with van der Waals surface area (Å²) in [5.41, 5.74) is 0.282. The van der Waals surface area contributed by atoms with E-state index >= 15 is 0 Å². The molecule has 0 radical (unpaired) electrons. The Morgan fingerprint density at radius 3 is 2.80 bits per heavy atom. The zero-order chi connectivity index (χ0) is 17.7. The van der Waals surface area contributed by atoms with E-state index in [4.69, 9.17) is 5.26 Å².